The number of halogens is 1. The summed E-state index contributed by atoms with van der Waals surface area (Å²) in [6.45, 7) is 1.72. The van der Waals surface area contributed by atoms with Gasteiger partial charge in [-0.1, -0.05) is 5.16 Å². The molecular weight excluding hydrogens is 279 g/mol. The molecule has 0 saturated carbocycles. The molecule has 2 heterocycles. The number of nitro benzene ring substituents is 1. The first-order valence-corrected chi connectivity index (χ1v) is 6.64. The number of hydrogen-bond donors (Lipinski definition) is 1. The Morgan fingerprint density at radius 3 is 3.05 bits per heavy atom. The van der Waals surface area contributed by atoms with E-state index >= 15 is 0 Å². The van der Waals surface area contributed by atoms with E-state index in [9.17, 15) is 14.5 Å². The van der Waals surface area contributed by atoms with Gasteiger partial charge in [-0.05, 0) is 31.5 Å². The highest BCUT2D eigenvalue weighted by atomic mass is 19.1. The van der Waals surface area contributed by atoms with Gasteiger partial charge in [0.2, 0.25) is 0 Å². The lowest BCUT2D eigenvalue weighted by Crippen LogP contribution is -2.28. The van der Waals surface area contributed by atoms with Crippen molar-refractivity contribution in [3.63, 3.8) is 0 Å². The van der Waals surface area contributed by atoms with Crippen molar-refractivity contribution in [2.75, 3.05) is 13.1 Å². The van der Waals surface area contributed by atoms with E-state index in [1.54, 1.807) is 0 Å². The zero-order valence-electron chi connectivity index (χ0n) is 11.1. The highest BCUT2D eigenvalue weighted by Gasteiger charge is 2.25. The summed E-state index contributed by atoms with van der Waals surface area (Å²) in [5.41, 5.74) is -0.254. The Kier molecular flexibility index (Phi) is 3.61. The number of benzene rings is 1. The van der Waals surface area contributed by atoms with E-state index in [-0.39, 0.29) is 23.1 Å². The van der Waals surface area contributed by atoms with E-state index in [0.29, 0.717) is 5.82 Å². The van der Waals surface area contributed by atoms with Crippen molar-refractivity contribution >= 4 is 5.69 Å². The topological polar surface area (TPSA) is 94.1 Å². The summed E-state index contributed by atoms with van der Waals surface area (Å²) in [4.78, 5) is 14.6. The maximum absolute atomic E-state index is 13.1. The highest BCUT2D eigenvalue weighted by Crippen LogP contribution is 2.31. The van der Waals surface area contributed by atoms with Crippen LogP contribution in [0, 0.1) is 15.9 Å². The Morgan fingerprint density at radius 1 is 1.48 bits per heavy atom. The molecular formula is C13H13FN4O3. The van der Waals surface area contributed by atoms with E-state index in [4.69, 9.17) is 4.52 Å². The molecule has 0 aliphatic carbocycles. The minimum absolute atomic E-state index is 0.0438. The van der Waals surface area contributed by atoms with Crippen LogP contribution in [0.3, 0.4) is 0 Å². The largest absolute Gasteiger partial charge is 0.334 e. The van der Waals surface area contributed by atoms with Crippen LogP contribution in [-0.4, -0.2) is 28.2 Å². The minimum atomic E-state index is -0.679. The number of nitrogens with one attached hydrogen (secondary N) is 1. The molecule has 1 aliphatic heterocycles. The smallest absolute Gasteiger partial charge is 0.285 e. The second kappa shape index (κ2) is 5.57. The van der Waals surface area contributed by atoms with Crippen LogP contribution in [0.1, 0.15) is 24.6 Å². The van der Waals surface area contributed by atoms with Crippen LogP contribution in [0.4, 0.5) is 10.1 Å². The molecule has 110 valence electrons. The standard InChI is InChI=1S/C13H13FN4O3/c14-9-3-4-10(11(6-9)18(19)20)13-16-12(17-21-13)8-2-1-5-15-7-8/h3-4,6,8,15H,1-2,5,7H2. The lowest BCUT2D eigenvalue weighted by molar-refractivity contribution is -0.384. The first-order chi connectivity index (χ1) is 10.1. The predicted octanol–water partition coefficient (Wildman–Crippen LogP) is 2.25. The summed E-state index contributed by atoms with van der Waals surface area (Å²) in [6.07, 6.45) is 1.96. The minimum Gasteiger partial charge on any atom is -0.334 e. The van der Waals surface area contributed by atoms with Crippen LogP contribution in [0.2, 0.25) is 0 Å². The van der Waals surface area contributed by atoms with Crippen LogP contribution < -0.4 is 5.32 Å². The van der Waals surface area contributed by atoms with Crippen LogP contribution in [-0.2, 0) is 0 Å². The van der Waals surface area contributed by atoms with Crippen LogP contribution >= 0.6 is 0 Å². The molecule has 8 heteroatoms. The van der Waals surface area contributed by atoms with Gasteiger partial charge in [-0.2, -0.15) is 4.98 Å². The summed E-state index contributed by atoms with van der Waals surface area (Å²) in [5.74, 6) is 0.0236. The Bertz CT molecular complexity index is 667. The summed E-state index contributed by atoms with van der Waals surface area (Å²) < 4.78 is 18.3. The van der Waals surface area contributed by atoms with E-state index in [0.717, 1.165) is 38.1 Å². The third-order valence-corrected chi connectivity index (χ3v) is 3.49. The number of aromatic nitrogens is 2. The average molecular weight is 292 g/mol. The van der Waals surface area contributed by atoms with Gasteiger partial charge < -0.3 is 9.84 Å². The maximum atomic E-state index is 13.1. The third kappa shape index (κ3) is 2.75. The normalized spacial score (nSPS) is 18.6. The zero-order valence-corrected chi connectivity index (χ0v) is 11.1. The number of hydrogen-bond acceptors (Lipinski definition) is 6. The molecule has 0 spiro atoms. The number of piperidine rings is 1. The fourth-order valence-corrected chi connectivity index (χ4v) is 2.42. The molecule has 0 radical (unpaired) electrons. The van der Waals surface area contributed by atoms with Crippen LogP contribution in [0.5, 0.6) is 0 Å². The van der Waals surface area contributed by atoms with Crippen LogP contribution in [0.25, 0.3) is 11.5 Å². The quantitative estimate of drug-likeness (QED) is 0.688. The first-order valence-electron chi connectivity index (χ1n) is 6.64. The summed E-state index contributed by atoms with van der Waals surface area (Å²) in [7, 11) is 0. The van der Waals surface area contributed by atoms with Gasteiger partial charge in [0.25, 0.3) is 11.6 Å². The monoisotopic (exact) mass is 292 g/mol. The van der Waals surface area contributed by atoms with E-state index in [1.807, 2.05) is 0 Å². The first kappa shape index (κ1) is 13.6. The number of nitrogens with zero attached hydrogens (tertiary/aromatic N) is 3. The summed E-state index contributed by atoms with van der Waals surface area (Å²) in [5, 5.41) is 18.1. The van der Waals surface area contributed by atoms with Gasteiger partial charge in [0.15, 0.2) is 5.82 Å². The molecule has 21 heavy (non-hydrogen) atoms. The summed E-state index contributed by atoms with van der Waals surface area (Å²) >= 11 is 0. The van der Waals surface area contributed by atoms with Crippen molar-refractivity contribution in [3.05, 3.63) is 40.0 Å². The third-order valence-electron chi connectivity index (χ3n) is 3.49. The second-order valence-corrected chi connectivity index (χ2v) is 4.92. The fraction of sp³-hybridized carbons (Fsp3) is 0.385. The van der Waals surface area contributed by atoms with Gasteiger partial charge in [-0.3, -0.25) is 10.1 Å². The second-order valence-electron chi connectivity index (χ2n) is 4.92. The van der Waals surface area contributed by atoms with E-state index < -0.39 is 10.7 Å². The highest BCUT2D eigenvalue weighted by molar-refractivity contribution is 5.66. The van der Waals surface area contributed by atoms with Crippen molar-refractivity contribution in [1.29, 1.82) is 0 Å². The molecule has 1 aliphatic rings. The Morgan fingerprint density at radius 2 is 2.33 bits per heavy atom. The molecule has 1 saturated heterocycles. The molecule has 2 aromatic rings. The average Bonchev–Trinajstić information content (AvgIpc) is 2.97. The number of nitro groups is 1. The molecule has 3 rings (SSSR count). The molecule has 1 aromatic carbocycles. The Hall–Kier alpha value is -2.35. The van der Waals surface area contributed by atoms with Crippen LogP contribution in [0.15, 0.2) is 22.7 Å². The SMILES string of the molecule is O=[N+]([O-])c1cc(F)ccc1-c1nc(C2CCCNC2)no1. The van der Waals surface area contributed by atoms with Crippen molar-refractivity contribution in [1.82, 2.24) is 15.5 Å². The number of rotatable bonds is 3. The van der Waals surface area contributed by atoms with Crippen molar-refractivity contribution in [3.8, 4) is 11.5 Å². The molecule has 7 nitrogen and oxygen atoms in total. The van der Waals surface area contributed by atoms with Crippen molar-refractivity contribution in [2.45, 2.75) is 18.8 Å². The lowest BCUT2D eigenvalue weighted by Gasteiger charge is -2.19. The fourth-order valence-electron chi connectivity index (χ4n) is 2.42. The predicted molar refractivity (Wildman–Crippen MR) is 71.2 cm³/mol. The van der Waals surface area contributed by atoms with Crippen molar-refractivity contribution in [2.24, 2.45) is 0 Å². The summed E-state index contributed by atoms with van der Waals surface area (Å²) in [6, 6.07) is 3.26. The van der Waals surface area contributed by atoms with Gasteiger partial charge in [-0.25, -0.2) is 4.39 Å². The molecule has 0 amide bonds. The zero-order chi connectivity index (χ0) is 14.8. The van der Waals surface area contributed by atoms with Gasteiger partial charge in [0.05, 0.1) is 11.0 Å². The molecule has 1 aromatic heterocycles. The Balaban J connectivity index is 1.94. The lowest BCUT2D eigenvalue weighted by atomic mass is 9.99. The van der Waals surface area contributed by atoms with E-state index in [2.05, 4.69) is 15.5 Å². The molecule has 1 N–H and O–H groups in total. The maximum Gasteiger partial charge on any atom is 0.285 e. The Labute approximate surface area is 119 Å². The molecule has 0 bridgehead atoms. The van der Waals surface area contributed by atoms with Gasteiger partial charge >= 0.3 is 0 Å². The molecule has 1 fully saturated rings. The van der Waals surface area contributed by atoms with Gasteiger partial charge in [0.1, 0.15) is 11.4 Å². The molecule has 1 atom stereocenters. The van der Waals surface area contributed by atoms with E-state index in [1.165, 1.54) is 6.07 Å². The van der Waals surface area contributed by atoms with Gasteiger partial charge in [0, 0.05) is 12.5 Å². The van der Waals surface area contributed by atoms with Gasteiger partial charge in [-0.15, -0.1) is 0 Å². The van der Waals surface area contributed by atoms with Crippen molar-refractivity contribution < 1.29 is 13.8 Å². The molecule has 1 unspecified atom stereocenters.